The molecule has 3 fully saturated rings. The molecule has 15 heteroatoms. The number of para-hydroxylation sites is 1. The van der Waals surface area contributed by atoms with Gasteiger partial charge in [0.05, 0.1) is 11.8 Å². The number of urea groups is 1. The number of piperazine rings is 1. The van der Waals surface area contributed by atoms with Crippen molar-refractivity contribution in [2.45, 2.75) is 70.1 Å². The second kappa shape index (κ2) is 15.7. The molecular weight excluding hydrogens is 711 g/mol. The number of anilines is 1. The van der Waals surface area contributed by atoms with Gasteiger partial charge < -0.3 is 29.7 Å². The maximum atomic E-state index is 14.4. The average Bonchev–Trinajstić information content (AvgIpc) is 3.34. The summed E-state index contributed by atoms with van der Waals surface area (Å²) in [4.78, 5) is 64.1. The molecule has 5 heterocycles. The standard InChI is InChI=1S/C39H51N7O7S/c1-26-24-30(25-29-8-9-34(47)41-35(26)29)27(2)36(37(48)43-15-11-31(12-16-43)42-20-22-45(23-21-42)54(3,51)52)53-39(50)44-17-13-32(14-18-44)46-19-10-28-6-4-5-7-33(28)40-38(46)49/h4-9,24-25,27,31-32,36H,10-23H2,1-3H3,(H,40,49)(H,41,47)/t27-,36?/m1/s1. The molecule has 14 nitrogen and oxygen atoms in total. The third-order valence-electron chi connectivity index (χ3n) is 11.8. The molecule has 4 aliphatic heterocycles. The summed E-state index contributed by atoms with van der Waals surface area (Å²) in [5, 5.41) is 3.87. The van der Waals surface area contributed by atoms with E-state index in [-0.39, 0.29) is 29.6 Å². The molecular formula is C39H51N7O7S. The van der Waals surface area contributed by atoms with Gasteiger partial charge in [0.2, 0.25) is 15.6 Å². The summed E-state index contributed by atoms with van der Waals surface area (Å²) in [6.07, 6.45) is 3.04. The normalized spacial score (nSPS) is 20.9. The fourth-order valence-corrected chi connectivity index (χ4v) is 9.42. The van der Waals surface area contributed by atoms with Gasteiger partial charge in [0.25, 0.3) is 5.91 Å². The van der Waals surface area contributed by atoms with Gasteiger partial charge in [-0.15, -0.1) is 0 Å². The number of pyridine rings is 1. The van der Waals surface area contributed by atoms with Crippen LogP contribution in [0.25, 0.3) is 10.9 Å². The van der Waals surface area contributed by atoms with E-state index in [1.807, 2.05) is 55.1 Å². The molecule has 3 aromatic rings. The molecule has 2 atom stereocenters. The first-order valence-electron chi connectivity index (χ1n) is 19.1. The number of hydrogen-bond acceptors (Lipinski definition) is 8. The van der Waals surface area contributed by atoms with E-state index in [4.69, 9.17) is 4.74 Å². The van der Waals surface area contributed by atoms with Crippen LogP contribution < -0.4 is 10.9 Å². The Hall–Kier alpha value is -4.47. The van der Waals surface area contributed by atoms with Crippen LogP contribution in [-0.4, -0.2) is 139 Å². The number of likely N-dealkylation sites (tertiary alicyclic amines) is 2. The predicted molar refractivity (Wildman–Crippen MR) is 206 cm³/mol. The molecule has 0 radical (unpaired) electrons. The Bertz CT molecular complexity index is 2050. The van der Waals surface area contributed by atoms with E-state index in [0.29, 0.717) is 71.7 Å². The lowest BCUT2D eigenvalue weighted by molar-refractivity contribution is -0.143. The molecule has 290 valence electrons. The van der Waals surface area contributed by atoms with Crippen molar-refractivity contribution in [2.75, 3.05) is 70.5 Å². The maximum absolute atomic E-state index is 14.4. The van der Waals surface area contributed by atoms with E-state index in [1.165, 1.54) is 16.6 Å². The zero-order chi connectivity index (χ0) is 38.1. The predicted octanol–water partition coefficient (Wildman–Crippen LogP) is 3.57. The van der Waals surface area contributed by atoms with Gasteiger partial charge in [-0.05, 0) is 79.3 Å². The number of sulfonamides is 1. The quantitative estimate of drug-likeness (QED) is 0.371. The number of carbonyl (C=O) groups is 3. The van der Waals surface area contributed by atoms with Crippen molar-refractivity contribution in [1.29, 1.82) is 0 Å². The molecule has 0 saturated carbocycles. The number of amides is 4. The second-order valence-corrected chi connectivity index (χ2v) is 17.2. The van der Waals surface area contributed by atoms with E-state index in [0.717, 1.165) is 52.5 Å². The zero-order valence-corrected chi connectivity index (χ0v) is 32.1. The first kappa shape index (κ1) is 37.8. The van der Waals surface area contributed by atoms with Crippen molar-refractivity contribution in [3.8, 4) is 0 Å². The number of rotatable bonds is 7. The van der Waals surface area contributed by atoms with E-state index < -0.39 is 28.1 Å². The number of nitrogens with one attached hydrogen (secondary N) is 2. The summed E-state index contributed by atoms with van der Waals surface area (Å²) < 4.78 is 31.8. The van der Waals surface area contributed by atoms with Gasteiger partial charge in [-0.2, -0.15) is 4.31 Å². The van der Waals surface area contributed by atoms with Crippen LogP contribution in [-0.2, 0) is 26.0 Å². The number of fused-ring (bicyclic) bond motifs is 2. The number of H-pyrrole nitrogens is 1. The van der Waals surface area contributed by atoms with Gasteiger partial charge >= 0.3 is 12.1 Å². The van der Waals surface area contributed by atoms with Crippen molar-refractivity contribution in [3.63, 3.8) is 0 Å². The molecule has 0 bridgehead atoms. The number of hydrogen-bond donors (Lipinski definition) is 2. The zero-order valence-electron chi connectivity index (χ0n) is 31.3. The first-order chi connectivity index (χ1) is 25.9. The van der Waals surface area contributed by atoms with Gasteiger partial charge in [0.1, 0.15) is 0 Å². The third-order valence-corrected chi connectivity index (χ3v) is 13.1. The first-order valence-corrected chi connectivity index (χ1v) is 20.9. The maximum Gasteiger partial charge on any atom is 0.410 e. The van der Waals surface area contributed by atoms with Crippen LogP contribution in [0.5, 0.6) is 0 Å². The highest BCUT2D eigenvalue weighted by Gasteiger charge is 2.39. The fraction of sp³-hybridized carbons (Fsp3) is 0.538. The monoisotopic (exact) mass is 761 g/mol. The van der Waals surface area contributed by atoms with Crippen LogP contribution in [0.4, 0.5) is 15.3 Å². The molecule has 4 aliphatic rings. The largest absolute Gasteiger partial charge is 0.435 e. The number of aryl methyl sites for hydroxylation is 1. The summed E-state index contributed by atoms with van der Waals surface area (Å²) in [7, 11) is -3.22. The number of aromatic nitrogens is 1. The Kier molecular flexibility index (Phi) is 11.0. The smallest absolute Gasteiger partial charge is 0.410 e. The number of piperidine rings is 2. The molecule has 1 aromatic heterocycles. The highest BCUT2D eigenvalue weighted by Crippen LogP contribution is 2.31. The Morgan fingerprint density at radius 3 is 2.20 bits per heavy atom. The Labute approximate surface area is 316 Å². The molecule has 54 heavy (non-hydrogen) atoms. The minimum Gasteiger partial charge on any atom is -0.435 e. The van der Waals surface area contributed by atoms with Crippen LogP contribution >= 0.6 is 0 Å². The van der Waals surface area contributed by atoms with E-state index >= 15 is 0 Å². The van der Waals surface area contributed by atoms with Gasteiger partial charge in [-0.25, -0.2) is 18.0 Å². The highest BCUT2D eigenvalue weighted by atomic mass is 32.2. The Morgan fingerprint density at radius 1 is 0.833 bits per heavy atom. The molecule has 4 amide bonds. The van der Waals surface area contributed by atoms with Crippen LogP contribution in [0.15, 0.2) is 53.3 Å². The van der Waals surface area contributed by atoms with Gasteiger partial charge in [-0.1, -0.05) is 31.2 Å². The SMILES string of the molecule is Cc1cc([C@@H](C)C(OC(=O)N2CCC(N3CCc4ccccc4NC3=O)CC2)C(=O)N2CCC(N3CCN(S(C)(=O)=O)CC3)CC2)cc2ccc(=O)[nH]c12. The lowest BCUT2D eigenvalue weighted by Crippen LogP contribution is -2.56. The van der Waals surface area contributed by atoms with Crippen molar-refractivity contribution in [2.24, 2.45) is 0 Å². The number of carbonyl (C=O) groups excluding carboxylic acids is 3. The number of benzene rings is 2. The molecule has 0 aliphatic carbocycles. The molecule has 2 N–H and O–H groups in total. The molecule has 1 unspecified atom stereocenters. The van der Waals surface area contributed by atoms with Gasteiger partial charge in [-0.3, -0.25) is 14.5 Å². The lowest BCUT2D eigenvalue weighted by Gasteiger charge is -2.43. The van der Waals surface area contributed by atoms with E-state index in [9.17, 15) is 27.6 Å². The van der Waals surface area contributed by atoms with Gasteiger partial charge in [0, 0.05) is 88.7 Å². The van der Waals surface area contributed by atoms with Crippen LogP contribution in [0.1, 0.15) is 55.2 Å². The lowest BCUT2D eigenvalue weighted by atomic mass is 9.91. The Morgan fingerprint density at radius 2 is 1.50 bits per heavy atom. The number of nitrogens with zero attached hydrogens (tertiary/aromatic N) is 5. The van der Waals surface area contributed by atoms with Crippen LogP contribution in [0, 0.1) is 6.92 Å². The van der Waals surface area contributed by atoms with Gasteiger partial charge in [0.15, 0.2) is 6.10 Å². The summed E-state index contributed by atoms with van der Waals surface area (Å²) >= 11 is 0. The Balaban J connectivity index is 1.03. The van der Waals surface area contributed by atoms with Crippen molar-refractivity contribution >= 4 is 44.6 Å². The summed E-state index contributed by atoms with van der Waals surface area (Å²) in [5.74, 6) is -0.732. The minimum atomic E-state index is -3.22. The fourth-order valence-electron chi connectivity index (χ4n) is 8.59. The minimum absolute atomic E-state index is 0.0256. The molecule has 3 saturated heterocycles. The van der Waals surface area contributed by atoms with Crippen LogP contribution in [0.2, 0.25) is 0 Å². The van der Waals surface area contributed by atoms with Crippen molar-refractivity contribution < 1.29 is 27.5 Å². The second-order valence-electron chi connectivity index (χ2n) is 15.2. The average molecular weight is 762 g/mol. The highest BCUT2D eigenvalue weighted by molar-refractivity contribution is 7.88. The summed E-state index contributed by atoms with van der Waals surface area (Å²) in [5.41, 5.74) is 4.14. The topological polar surface area (TPSA) is 156 Å². The van der Waals surface area contributed by atoms with Crippen molar-refractivity contribution in [3.05, 3.63) is 75.6 Å². The van der Waals surface area contributed by atoms with E-state index in [1.54, 1.807) is 15.9 Å². The number of aromatic amines is 1. The summed E-state index contributed by atoms with van der Waals surface area (Å²) in [6.45, 7) is 8.44. The third kappa shape index (κ3) is 8.13. The van der Waals surface area contributed by atoms with E-state index in [2.05, 4.69) is 15.2 Å². The summed E-state index contributed by atoms with van der Waals surface area (Å²) in [6, 6.07) is 15.0. The number of ether oxygens (including phenoxy) is 1. The van der Waals surface area contributed by atoms with Crippen molar-refractivity contribution in [1.82, 2.24) is 28.9 Å². The molecule has 0 spiro atoms. The molecule has 2 aromatic carbocycles. The van der Waals surface area contributed by atoms with Crippen LogP contribution in [0.3, 0.4) is 0 Å². The molecule has 7 rings (SSSR count).